The number of amides is 2. The summed E-state index contributed by atoms with van der Waals surface area (Å²) < 4.78 is 4.54. The van der Waals surface area contributed by atoms with Crippen LogP contribution in [0.15, 0.2) is 24.3 Å². The van der Waals surface area contributed by atoms with Crippen LogP contribution >= 0.6 is 0 Å². The van der Waals surface area contributed by atoms with Crippen LogP contribution in [-0.4, -0.2) is 32.2 Å². The van der Waals surface area contributed by atoms with Gasteiger partial charge in [0, 0.05) is 16.8 Å². The first-order valence-corrected chi connectivity index (χ1v) is 7.01. The number of hydrogen-bond acceptors (Lipinski definition) is 4. The Hall–Kier alpha value is -2.08. The van der Waals surface area contributed by atoms with Crippen LogP contribution in [-0.2, 0) is 9.53 Å². The summed E-state index contributed by atoms with van der Waals surface area (Å²) in [6.45, 7) is 3.70. The maximum Gasteiger partial charge on any atom is 0.411 e. The average molecular weight is 291 g/mol. The maximum atomic E-state index is 12.4. The molecule has 0 unspecified atom stereocenters. The first kappa shape index (κ1) is 15.3. The van der Waals surface area contributed by atoms with Gasteiger partial charge in [-0.1, -0.05) is 13.0 Å². The number of carbonyl (C=O) groups is 2. The fourth-order valence-electron chi connectivity index (χ4n) is 2.33. The number of anilines is 2. The molecule has 2 amide bonds. The van der Waals surface area contributed by atoms with Crippen molar-refractivity contribution in [2.45, 2.75) is 19.8 Å². The van der Waals surface area contributed by atoms with Gasteiger partial charge < -0.3 is 15.4 Å². The highest BCUT2D eigenvalue weighted by atomic mass is 16.5. The summed E-state index contributed by atoms with van der Waals surface area (Å²) in [6, 6.07) is 7.01. The topological polar surface area (TPSA) is 79.5 Å². The number of nitrogens with one attached hydrogen (secondary N) is 3. The summed E-state index contributed by atoms with van der Waals surface area (Å²) in [6.07, 6.45) is 1.10. The van der Waals surface area contributed by atoms with E-state index in [1.165, 1.54) is 7.11 Å². The molecule has 1 aliphatic heterocycles. The molecule has 0 saturated carbocycles. The SMILES string of the molecule is COC(=O)Nc1cccc(NC(=O)C2(C)CCNCC2)c1. The summed E-state index contributed by atoms with van der Waals surface area (Å²) >= 11 is 0. The Morgan fingerprint density at radius 3 is 2.43 bits per heavy atom. The van der Waals surface area contributed by atoms with E-state index < -0.39 is 6.09 Å². The van der Waals surface area contributed by atoms with Gasteiger partial charge in [-0.15, -0.1) is 0 Å². The standard InChI is InChI=1S/C15H21N3O3/c1-15(6-8-16-9-7-15)13(19)17-11-4-3-5-12(10-11)18-14(20)21-2/h3-5,10,16H,6-9H2,1-2H3,(H,17,19)(H,18,20). The van der Waals surface area contributed by atoms with Crippen molar-refractivity contribution in [1.82, 2.24) is 5.32 Å². The third-order valence-electron chi connectivity index (χ3n) is 3.81. The van der Waals surface area contributed by atoms with Gasteiger partial charge >= 0.3 is 6.09 Å². The van der Waals surface area contributed by atoms with Crippen LogP contribution < -0.4 is 16.0 Å². The Morgan fingerprint density at radius 2 is 1.81 bits per heavy atom. The molecular weight excluding hydrogens is 270 g/mol. The molecule has 1 fully saturated rings. The fourth-order valence-corrected chi connectivity index (χ4v) is 2.33. The molecule has 6 heteroatoms. The van der Waals surface area contributed by atoms with E-state index in [1.807, 2.05) is 6.92 Å². The minimum Gasteiger partial charge on any atom is -0.453 e. The number of hydrogen-bond donors (Lipinski definition) is 3. The molecule has 2 rings (SSSR count). The summed E-state index contributed by atoms with van der Waals surface area (Å²) in [5.41, 5.74) is 0.889. The molecule has 1 aromatic rings. The van der Waals surface area contributed by atoms with Crippen LogP contribution in [0.4, 0.5) is 16.2 Å². The molecule has 0 radical (unpaired) electrons. The van der Waals surface area contributed by atoms with Gasteiger partial charge in [0.05, 0.1) is 7.11 Å². The highest BCUT2D eigenvalue weighted by molar-refractivity contribution is 5.96. The van der Waals surface area contributed by atoms with Crippen molar-refractivity contribution in [3.05, 3.63) is 24.3 Å². The molecule has 0 spiro atoms. The van der Waals surface area contributed by atoms with Crippen molar-refractivity contribution in [2.75, 3.05) is 30.8 Å². The highest BCUT2D eigenvalue weighted by Gasteiger charge is 2.34. The molecule has 21 heavy (non-hydrogen) atoms. The summed E-state index contributed by atoms with van der Waals surface area (Å²) in [5.74, 6) is 0.0132. The third kappa shape index (κ3) is 3.95. The van der Waals surface area contributed by atoms with Crippen LogP contribution in [0.5, 0.6) is 0 Å². The third-order valence-corrected chi connectivity index (χ3v) is 3.81. The fraction of sp³-hybridized carbons (Fsp3) is 0.467. The number of methoxy groups -OCH3 is 1. The van der Waals surface area contributed by atoms with E-state index in [1.54, 1.807) is 24.3 Å². The Bertz CT molecular complexity index is 525. The first-order valence-electron chi connectivity index (χ1n) is 7.01. The first-order chi connectivity index (χ1) is 10.0. The molecule has 0 atom stereocenters. The lowest BCUT2D eigenvalue weighted by Crippen LogP contribution is -2.42. The molecule has 114 valence electrons. The number of benzene rings is 1. The second-order valence-electron chi connectivity index (χ2n) is 5.46. The van der Waals surface area contributed by atoms with Crippen LogP contribution in [0.2, 0.25) is 0 Å². The number of piperidine rings is 1. The van der Waals surface area contributed by atoms with Crippen LogP contribution in [0.25, 0.3) is 0 Å². The van der Waals surface area contributed by atoms with Crippen molar-refractivity contribution in [2.24, 2.45) is 5.41 Å². The maximum absolute atomic E-state index is 12.4. The lowest BCUT2D eigenvalue weighted by Gasteiger charge is -2.32. The van der Waals surface area contributed by atoms with E-state index in [0.717, 1.165) is 25.9 Å². The quantitative estimate of drug-likeness (QED) is 0.797. The predicted molar refractivity (Wildman–Crippen MR) is 81.3 cm³/mol. The van der Waals surface area contributed by atoms with Crippen molar-refractivity contribution < 1.29 is 14.3 Å². The van der Waals surface area contributed by atoms with E-state index in [2.05, 4.69) is 20.7 Å². The summed E-state index contributed by atoms with van der Waals surface area (Å²) in [5, 5.41) is 8.75. The highest BCUT2D eigenvalue weighted by Crippen LogP contribution is 2.29. The molecule has 0 aromatic heterocycles. The van der Waals surface area contributed by atoms with Gasteiger partial charge in [0.1, 0.15) is 0 Å². The average Bonchev–Trinajstić information content (AvgIpc) is 2.48. The molecule has 3 N–H and O–H groups in total. The zero-order valence-corrected chi connectivity index (χ0v) is 12.4. The number of ether oxygens (including phenoxy) is 1. The summed E-state index contributed by atoms with van der Waals surface area (Å²) in [4.78, 5) is 23.6. The van der Waals surface area contributed by atoms with E-state index >= 15 is 0 Å². The molecule has 1 saturated heterocycles. The molecule has 1 aromatic carbocycles. The van der Waals surface area contributed by atoms with Crippen LogP contribution in [0.1, 0.15) is 19.8 Å². The molecule has 0 bridgehead atoms. The van der Waals surface area contributed by atoms with Gasteiger partial charge in [-0.05, 0) is 44.1 Å². The van der Waals surface area contributed by atoms with E-state index in [-0.39, 0.29) is 11.3 Å². The van der Waals surface area contributed by atoms with E-state index in [0.29, 0.717) is 11.4 Å². The van der Waals surface area contributed by atoms with E-state index in [9.17, 15) is 9.59 Å². The van der Waals surface area contributed by atoms with Crippen molar-refractivity contribution >= 4 is 23.4 Å². The van der Waals surface area contributed by atoms with Gasteiger partial charge in [0.25, 0.3) is 0 Å². The molecule has 0 aliphatic carbocycles. The number of carbonyl (C=O) groups excluding carboxylic acids is 2. The van der Waals surface area contributed by atoms with E-state index in [4.69, 9.17) is 0 Å². The Labute approximate surface area is 124 Å². The Kier molecular flexibility index (Phi) is 4.80. The molecule has 1 heterocycles. The Balaban J connectivity index is 2.03. The van der Waals surface area contributed by atoms with Gasteiger partial charge in [0.15, 0.2) is 0 Å². The van der Waals surface area contributed by atoms with Gasteiger partial charge in [-0.25, -0.2) is 4.79 Å². The molecule has 1 aliphatic rings. The van der Waals surface area contributed by atoms with Gasteiger partial charge in [0.2, 0.25) is 5.91 Å². The summed E-state index contributed by atoms with van der Waals surface area (Å²) in [7, 11) is 1.30. The molecule has 6 nitrogen and oxygen atoms in total. The lowest BCUT2D eigenvalue weighted by atomic mass is 9.80. The largest absolute Gasteiger partial charge is 0.453 e. The molecular formula is C15H21N3O3. The van der Waals surface area contributed by atoms with Crippen molar-refractivity contribution in [1.29, 1.82) is 0 Å². The zero-order chi connectivity index (χ0) is 15.3. The Morgan fingerprint density at radius 1 is 1.19 bits per heavy atom. The minimum atomic E-state index is -0.538. The minimum absolute atomic E-state index is 0.0132. The monoisotopic (exact) mass is 291 g/mol. The van der Waals surface area contributed by atoms with Crippen molar-refractivity contribution in [3.63, 3.8) is 0 Å². The normalized spacial score (nSPS) is 16.9. The number of rotatable bonds is 3. The smallest absolute Gasteiger partial charge is 0.411 e. The predicted octanol–water partition coefficient (Wildman–Crippen LogP) is 2.19. The second-order valence-corrected chi connectivity index (χ2v) is 5.46. The zero-order valence-electron chi connectivity index (χ0n) is 12.4. The van der Waals surface area contributed by atoms with Crippen LogP contribution in [0, 0.1) is 5.41 Å². The van der Waals surface area contributed by atoms with Gasteiger partial charge in [-0.3, -0.25) is 10.1 Å². The van der Waals surface area contributed by atoms with Crippen LogP contribution in [0.3, 0.4) is 0 Å². The van der Waals surface area contributed by atoms with Crippen molar-refractivity contribution in [3.8, 4) is 0 Å². The second kappa shape index (κ2) is 6.58. The lowest BCUT2D eigenvalue weighted by molar-refractivity contribution is -0.126. The van der Waals surface area contributed by atoms with Gasteiger partial charge in [-0.2, -0.15) is 0 Å².